The monoisotopic (exact) mass is 883 g/mol. The van der Waals surface area contributed by atoms with Gasteiger partial charge < -0.3 is 19.7 Å². The summed E-state index contributed by atoms with van der Waals surface area (Å²) in [6, 6.07) is 0. The topological polar surface area (TPSA) is 96.4 Å². The second-order valence-corrected chi connectivity index (χ2v) is 21.4. The van der Waals surface area contributed by atoms with E-state index in [1.165, 1.54) is 83.5 Å². The van der Waals surface area contributed by atoms with E-state index in [1.807, 2.05) is 95.4 Å². The van der Waals surface area contributed by atoms with Crippen LogP contribution in [0, 0.1) is 10.8 Å². The summed E-state index contributed by atoms with van der Waals surface area (Å²) < 4.78 is 12.5. The zero-order valence-corrected chi connectivity index (χ0v) is 42.4. The number of unbranched alkanes of at least 4 members (excludes halogenated alkanes) is 14. The number of aliphatic hydroxyl groups excluding tert-OH is 1. The van der Waals surface area contributed by atoms with Gasteiger partial charge in [0.1, 0.15) is 11.7 Å². The molecule has 0 amide bonds. The van der Waals surface area contributed by atoms with Gasteiger partial charge in [-0.3, -0.25) is 9.59 Å². The highest BCUT2D eigenvalue weighted by atomic mass is 16.6. The quantitative estimate of drug-likeness (QED) is 0.0213. The van der Waals surface area contributed by atoms with Crippen molar-refractivity contribution in [2.24, 2.45) is 10.8 Å². The van der Waals surface area contributed by atoms with Crippen molar-refractivity contribution in [1.29, 1.82) is 0 Å². The second-order valence-electron chi connectivity index (χ2n) is 21.4. The number of hydrogen-bond donors (Lipinski definition) is 2. The standard InChI is InChI=1S/C58H90O6/c1-12-13-14-15-16-17-18-19-20-21-22-23-24-25-26-37-53(61)63-50-42-55(8,9)58(57(11,43-50)64-58)44-51(60)48(5)36-30-35-46(3)32-28-27-31-45(2)33-29-34-47(4)38-39-52-54(6,7)40-49(59)41-56(52,10)62/h27-36,38,49-50,59,62H,12-26,37,40-44H2,1-11H3/b28-27+,33-29+,35-30+,45-31+,46-32+,47-34+,48-36+/t39?,49-,50-,56+,57+,58-/m0/s1. The van der Waals surface area contributed by atoms with E-state index >= 15 is 0 Å². The SMILES string of the molecule is CCCCCCCCCCCCCCCCCC(=O)O[C@H]1CC(C)(C)[C@]2(CC(=O)/C(C)=C/C=C/C(C)=C/C=C/C=C(C)/C=C/C=C(\C)C=C=C3C(C)(C)C[C@H](O)C[C@@]3(C)O)O[C@]2(C)C1. The largest absolute Gasteiger partial charge is 0.462 e. The fraction of sp³-hybridized carbons (Fsp3) is 0.672. The van der Waals surface area contributed by atoms with Crippen LogP contribution in [0.1, 0.15) is 211 Å². The van der Waals surface area contributed by atoms with Gasteiger partial charge in [0.25, 0.3) is 0 Å². The lowest BCUT2D eigenvalue weighted by Gasteiger charge is -2.43. The number of carbonyl (C=O) groups excluding carboxylic acids is 2. The zero-order chi connectivity index (χ0) is 47.4. The fourth-order valence-electron chi connectivity index (χ4n) is 10.4. The fourth-order valence-corrected chi connectivity index (χ4v) is 10.4. The maximum Gasteiger partial charge on any atom is 0.306 e. The number of Topliss-reactive ketones (excluding diaryl/α,β-unsaturated/α-hetero) is 1. The van der Waals surface area contributed by atoms with Gasteiger partial charge in [-0.15, -0.1) is 5.73 Å². The Kier molecular flexibility index (Phi) is 22.5. The highest BCUT2D eigenvalue weighted by Crippen LogP contribution is 2.67. The molecule has 1 aliphatic heterocycles. The first-order chi connectivity index (χ1) is 30.2. The summed E-state index contributed by atoms with van der Waals surface area (Å²) in [5.41, 5.74) is 5.30. The minimum absolute atomic E-state index is 0.0837. The number of epoxide rings is 1. The number of ketones is 1. The van der Waals surface area contributed by atoms with Crippen molar-refractivity contribution in [3.8, 4) is 0 Å². The van der Waals surface area contributed by atoms with Gasteiger partial charge in [0.05, 0.1) is 17.3 Å². The first-order valence-electron chi connectivity index (χ1n) is 25.2. The molecule has 358 valence electrons. The predicted octanol–water partition coefficient (Wildman–Crippen LogP) is 14.9. The van der Waals surface area contributed by atoms with Crippen LogP contribution in [0.3, 0.4) is 0 Å². The maximum absolute atomic E-state index is 13.5. The molecule has 1 heterocycles. The molecule has 0 aromatic carbocycles. The molecule has 2 aliphatic carbocycles. The van der Waals surface area contributed by atoms with Crippen molar-refractivity contribution < 1.29 is 29.3 Å². The smallest absolute Gasteiger partial charge is 0.306 e. The number of esters is 1. The van der Waals surface area contributed by atoms with E-state index in [0.29, 0.717) is 44.1 Å². The molecule has 0 aromatic heterocycles. The molecular weight excluding hydrogens is 793 g/mol. The Balaban J connectivity index is 1.37. The van der Waals surface area contributed by atoms with Crippen molar-refractivity contribution >= 4 is 11.8 Å². The van der Waals surface area contributed by atoms with Crippen molar-refractivity contribution in [3.63, 3.8) is 0 Å². The van der Waals surface area contributed by atoms with Crippen LogP contribution in [0.4, 0.5) is 0 Å². The van der Waals surface area contributed by atoms with Crippen LogP contribution in [-0.4, -0.2) is 51.0 Å². The van der Waals surface area contributed by atoms with Gasteiger partial charge in [-0.05, 0) is 83.4 Å². The number of allylic oxidation sites excluding steroid dienone is 14. The molecule has 3 aliphatic rings. The molecule has 0 bridgehead atoms. The molecule has 0 aromatic rings. The van der Waals surface area contributed by atoms with E-state index in [4.69, 9.17) is 9.47 Å². The minimum atomic E-state index is -1.07. The average molecular weight is 883 g/mol. The van der Waals surface area contributed by atoms with Crippen LogP contribution in [0.25, 0.3) is 0 Å². The first kappa shape index (κ1) is 55.1. The summed E-state index contributed by atoms with van der Waals surface area (Å²) in [5, 5.41) is 21.1. The number of aliphatic hydroxyl groups is 2. The maximum atomic E-state index is 13.5. The van der Waals surface area contributed by atoms with Crippen LogP contribution >= 0.6 is 0 Å². The van der Waals surface area contributed by atoms with E-state index in [-0.39, 0.29) is 28.7 Å². The van der Waals surface area contributed by atoms with E-state index in [2.05, 4.69) is 46.4 Å². The van der Waals surface area contributed by atoms with Crippen LogP contribution in [-0.2, 0) is 19.1 Å². The van der Waals surface area contributed by atoms with Crippen molar-refractivity contribution in [3.05, 3.63) is 100 Å². The van der Waals surface area contributed by atoms with E-state index in [9.17, 15) is 19.8 Å². The highest BCUT2D eigenvalue weighted by Gasteiger charge is 2.76. The van der Waals surface area contributed by atoms with Gasteiger partial charge in [0.15, 0.2) is 5.78 Å². The lowest BCUT2D eigenvalue weighted by Crippen LogP contribution is -2.49. The van der Waals surface area contributed by atoms with Gasteiger partial charge in [-0.1, -0.05) is 196 Å². The Labute approximate surface area is 390 Å². The van der Waals surface area contributed by atoms with Gasteiger partial charge in [-0.25, -0.2) is 0 Å². The molecule has 5 atom stereocenters. The van der Waals surface area contributed by atoms with Crippen molar-refractivity contribution in [2.45, 2.75) is 240 Å². The summed E-state index contributed by atoms with van der Waals surface area (Å²) in [7, 11) is 0. The molecule has 3 rings (SSSR count). The zero-order valence-electron chi connectivity index (χ0n) is 42.4. The third kappa shape index (κ3) is 17.8. The first-order valence-corrected chi connectivity index (χ1v) is 25.2. The molecule has 3 fully saturated rings. The molecule has 0 spiro atoms. The van der Waals surface area contributed by atoms with Crippen molar-refractivity contribution in [1.82, 2.24) is 0 Å². The molecule has 0 unspecified atom stereocenters. The lowest BCUT2D eigenvalue weighted by molar-refractivity contribution is -0.153. The summed E-state index contributed by atoms with van der Waals surface area (Å²) in [6.07, 6.45) is 43.8. The molecule has 6 heteroatoms. The molecule has 2 N–H and O–H groups in total. The molecule has 6 nitrogen and oxygen atoms in total. The molecule has 1 saturated heterocycles. The van der Waals surface area contributed by atoms with Crippen LogP contribution < -0.4 is 0 Å². The summed E-state index contributed by atoms with van der Waals surface area (Å²) in [4.78, 5) is 26.4. The molecule has 64 heavy (non-hydrogen) atoms. The van der Waals surface area contributed by atoms with Gasteiger partial charge in [0.2, 0.25) is 0 Å². The Hall–Kier alpha value is -3.28. The van der Waals surface area contributed by atoms with Gasteiger partial charge in [0, 0.05) is 36.7 Å². The Morgan fingerprint density at radius 3 is 1.69 bits per heavy atom. The van der Waals surface area contributed by atoms with Crippen LogP contribution in [0.15, 0.2) is 100 Å². The number of carbonyl (C=O) groups is 2. The van der Waals surface area contributed by atoms with E-state index < -0.39 is 22.9 Å². The Bertz CT molecular complexity index is 1780. The molecule has 2 saturated carbocycles. The predicted molar refractivity (Wildman–Crippen MR) is 268 cm³/mol. The summed E-state index contributed by atoms with van der Waals surface area (Å²) in [5.74, 6) is -0.0183. The van der Waals surface area contributed by atoms with Gasteiger partial charge >= 0.3 is 5.97 Å². The van der Waals surface area contributed by atoms with Crippen LogP contribution in [0.2, 0.25) is 0 Å². The third-order valence-electron chi connectivity index (χ3n) is 14.1. The Morgan fingerprint density at radius 2 is 1.17 bits per heavy atom. The molecule has 0 radical (unpaired) electrons. The minimum Gasteiger partial charge on any atom is -0.462 e. The number of rotatable bonds is 27. The second kappa shape index (κ2) is 26.2. The normalized spacial score (nSPS) is 27.3. The van der Waals surface area contributed by atoms with Crippen molar-refractivity contribution in [2.75, 3.05) is 0 Å². The number of hydrogen-bond acceptors (Lipinski definition) is 6. The van der Waals surface area contributed by atoms with Gasteiger partial charge in [-0.2, -0.15) is 0 Å². The molecular formula is C58H90O6. The summed E-state index contributed by atoms with van der Waals surface area (Å²) >= 11 is 0. The van der Waals surface area contributed by atoms with E-state index in [1.54, 1.807) is 6.92 Å². The number of fused-ring (bicyclic) bond motifs is 1. The lowest BCUT2D eigenvalue weighted by atomic mass is 9.61. The highest BCUT2D eigenvalue weighted by molar-refractivity contribution is 5.96. The average Bonchev–Trinajstić information content (AvgIpc) is 3.81. The number of ether oxygens (including phenoxy) is 2. The summed E-state index contributed by atoms with van der Waals surface area (Å²) in [6.45, 7) is 22.5. The Morgan fingerprint density at radius 1 is 0.672 bits per heavy atom. The van der Waals surface area contributed by atoms with Crippen LogP contribution in [0.5, 0.6) is 0 Å². The third-order valence-corrected chi connectivity index (χ3v) is 14.1. The van der Waals surface area contributed by atoms with E-state index in [0.717, 1.165) is 35.1 Å².